The summed E-state index contributed by atoms with van der Waals surface area (Å²) in [6, 6.07) is 3.73. The van der Waals surface area contributed by atoms with Gasteiger partial charge in [0.25, 0.3) is 5.69 Å². The van der Waals surface area contributed by atoms with Crippen LogP contribution in [0.15, 0.2) is 28.3 Å². The quantitative estimate of drug-likeness (QED) is 0.450. The number of nitro groups is 1. The molecule has 2 aliphatic rings. The lowest BCUT2D eigenvalue weighted by molar-refractivity contribution is -0.385. The van der Waals surface area contributed by atoms with Crippen LogP contribution in [0, 0.1) is 17.0 Å². The number of aliphatic carboxylic acids is 1. The molecule has 0 bridgehead atoms. The van der Waals surface area contributed by atoms with Gasteiger partial charge in [-0.2, -0.15) is 4.31 Å². The van der Waals surface area contributed by atoms with Crippen LogP contribution in [0.4, 0.5) is 5.69 Å². The first kappa shape index (κ1) is 25.6. The lowest BCUT2D eigenvalue weighted by Crippen LogP contribution is -2.47. The van der Waals surface area contributed by atoms with E-state index in [2.05, 4.69) is 10.1 Å². The monoisotopic (exact) mass is 471 g/mol. The minimum Gasteiger partial charge on any atom is -0.477 e. The van der Waals surface area contributed by atoms with Crippen LogP contribution in [0.2, 0.25) is 0 Å². The second-order valence-electron chi connectivity index (χ2n) is 8.00. The number of benzene rings is 1. The van der Waals surface area contributed by atoms with Gasteiger partial charge in [0, 0.05) is 57.6 Å². The highest BCUT2D eigenvalue weighted by atomic mass is 32.2. The number of sulfonamides is 1. The summed E-state index contributed by atoms with van der Waals surface area (Å²) in [4.78, 5) is 28.5. The summed E-state index contributed by atoms with van der Waals surface area (Å²) in [7, 11) is 0.108. The number of oxime groups is 1. The molecule has 0 unspecified atom stereocenters. The molecular weight excluding hydrogens is 442 g/mol. The largest absolute Gasteiger partial charge is 0.477 e. The number of piperidine rings is 1. The van der Waals surface area contributed by atoms with Crippen LogP contribution in [0.3, 0.4) is 0 Å². The van der Waals surface area contributed by atoms with E-state index in [1.54, 1.807) is 6.92 Å². The molecule has 0 atom stereocenters. The van der Waals surface area contributed by atoms with Gasteiger partial charge in [-0.05, 0) is 26.6 Å². The molecule has 3 N–H and O–H groups in total. The Morgan fingerprint density at radius 3 is 2.44 bits per heavy atom. The van der Waals surface area contributed by atoms with E-state index in [4.69, 9.17) is 15.7 Å². The Bertz CT molecular complexity index is 986. The zero-order valence-electron chi connectivity index (χ0n) is 18.4. The number of rotatable bonds is 6. The number of nitrogens with two attached hydrogens (primary N) is 1. The first-order valence-corrected chi connectivity index (χ1v) is 11.4. The third-order valence-electron chi connectivity index (χ3n) is 5.30. The Balaban J connectivity index is 0.000000534. The molecule has 0 aliphatic carbocycles. The summed E-state index contributed by atoms with van der Waals surface area (Å²) in [6.07, 6.45) is 0.715. The van der Waals surface area contributed by atoms with Crippen LogP contribution in [-0.4, -0.2) is 85.2 Å². The molecule has 2 aliphatic heterocycles. The number of carboxylic acids is 1. The van der Waals surface area contributed by atoms with Gasteiger partial charge < -0.3 is 20.6 Å². The number of likely N-dealkylation sites (N-methyl/N-ethyl adjacent to an activating group) is 1. The van der Waals surface area contributed by atoms with Crippen LogP contribution in [0.5, 0.6) is 0 Å². The number of carbonyl (C=O) groups is 1. The minimum atomic E-state index is -3.91. The van der Waals surface area contributed by atoms with Gasteiger partial charge >= 0.3 is 5.97 Å². The van der Waals surface area contributed by atoms with Crippen molar-refractivity contribution in [2.45, 2.75) is 36.7 Å². The molecule has 0 amide bonds. The highest BCUT2D eigenvalue weighted by molar-refractivity contribution is 7.89. The molecular formula is C19H29N5O7S. The van der Waals surface area contributed by atoms with E-state index >= 15 is 0 Å². The number of hydrogen-bond donors (Lipinski definition) is 2. The number of nitrogens with zero attached hydrogens (tertiary/aromatic N) is 4. The summed E-state index contributed by atoms with van der Waals surface area (Å²) in [5.41, 5.74) is 4.45. The Morgan fingerprint density at radius 2 is 2.00 bits per heavy atom. The average Bonchev–Trinajstić information content (AvgIpc) is 3.12. The predicted octanol–water partition coefficient (Wildman–Crippen LogP) is 0.794. The molecule has 1 fully saturated rings. The highest BCUT2D eigenvalue weighted by Crippen LogP contribution is 2.37. The van der Waals surface area contributed by atoms with Crippen molar-refractivity contribution >= 4 is 27.4 Å². The highest BCUT2D eigenvalue weighted by Gasteiger charge is 2.46. The maximum Gasteiger partial charge on any atom is 0.353 e. The standard InChI is InChI=1S/C15H17N3O7S.C4H12N2/c1-10-2-3-11(18(21)22)8-13(10)26(23,24)17-6-4-15(5-7-17)9-12(14(19)20)16-25-15;1-6(2)4-3-5/h2-3,8H,4-7,9H2,1H3,(H,19,20);3-5H2,1-2H3. The number of non-ortho nitro benzene ring substituents is 1. The lowest BCUT2D eigenvalue weighted by atomic mass is 9.88. The Morgan fingerprint density at radius 1 is 1.38 bits per heavy atom. The van der Waals surface area contributed by atoms with E-state index in [0.717, 1.165) is 19.2 Å². The van der Waals surface area contributed by atoms with Crippen molar-refractivity contribution in [1.29, 1.82) is 0 Å². The molecule has 1 aromatic rings. The van der Waals surface area contributed by atoms with E-state index in [-0.39, 0.29) is 35.8 Å². The molecule has 178 valence electrons. The zero-order chi connectivity index (χ0) is 24.1. The molecule has 3 rings (SSSR count). The van der Waals surface area contributed by atoms with E-state index in [1.807, 2.05) is 14.1 Å². The summed E-state index contributed by atoms with van der Waals surface area (Å²) >= 11 is 0. The molecule has 32 heavy (non-hydrogen) atoms. The zero-order valence-corrected chi connectivity index (χ0v) is 19.2. The maximum atomic E-state index is 12.9. The van der Waals surface area contributed by atoms with Crippen molar-refractivity contribution in [2.75, 3.05) is 40.3 Å². The third kappa shape index (κ3) is 6.00. The summed E-state index contributed by atoms with van der Waals surface area (Å²) < 4.78 is 27.0. The van der Waals surface area contributed by atoms with Crippen LogP contribution < -0.4 is 5.73 Å². The van der Waals surface area contributed by atoms with Gasteiger partial charge in [-0.15, -0.1) is 0 Å². The van der Waals surface area contributed by atoms with Crippen LogP contribution in [-0.2, 0) is 19.7 Å². The molecule has 0 aromatic heterocycles. The van der Waals surface area contributed by atoms with Gasteiger partial charge in [-0.25, -0.2) is 13.2 Å². The van der Waals surface area contributed by atoms with Gasteiger partial charge in [-0.1, -0.05) is 11.2 Å². The smallest absolute Gasteiger partial charge is 0.353 e. The molecule has 0 radical (unpaired) electrons. The molecule has 1 spiro atoms. The Labute approximate surface area is 186 Å². The van der Waals surface area contributed by atoms with Crippen molar-refractivity contribution in [3.63, 3.8) is 0 Å². The summed E-state index contributed by atoms with van der Waals surface area (Å²) in [5.74, 6) is -1.15. The second kappa shape index (κ2) is 10.3. The fourth-order valence-corrected chi connectivity index (χ4v) is 5.10. The molecule has 12 nitrogen and oxygen atoms in total. The van der Waals surface area contributed by atoms with Crippen molar-refractivity contribution in [3.05, 3.63) is 33.9 Å². The van der Waals surface area contributed by atoms with E-state index in [9.17, 15) is 23.3 Å². The van der Waals surface area contributed by atoms with E-state index in [0.29, 0.717) is 18.4 Å². The second-order valence-corrected chi connectivity index (χ2v) is 9.90. The predicted molar refractivity (Wildman–Crippen MR) is 117 cm³/mol. The number of nitro benzene ring substituents is 1. The number of aryl methyl sites for hydroxylation is 1. The van der Waals surface area contributed by atoms with Gasteiger partial charge in [0.05, 0.1) is 9.82 Å². The van der Waals surface area contributed by atoms with Gasteiger partial charge in [0.15, 0.2) is 5.71 Å². The van der Waals surface area contributed by atoms with E-state index < -0.39 is 26.5 Å². The summed E-state index contributed by atoms with van der Waals surface area (Å²) in [6.45, 7) is 3.56. The number of hydrogen-bond acceptors (Lipinski definition) is 9. The molecule has 1 aromatic carbocycles. The van der Waals surface area contributed by atoms with Crippen LogP contribution >= 0.6 is 0 Å². The average molecular weight is 472 g/mol. The van der Waals surface area contributed by atoms with Gasteiger partial charge in [0.1, 0.15) is 5.60 Å². The Hall–Kier alpha value is -2.61. The van der Waals surface area contributed by atoms with Crippen molar-refractivity contribution in [1.82, 2.24) is 9.21 Å². The molecule has 2 heterocycles. The maximum absolute atomic E-state index is 12.9. The fourth-order valence-electron chi connectivity index (χ4n) is 3.42. The van der Waals surface area contributed by atoms with Crippen LogP contribution in [0.25, 0.3) is 0 Å². The minimum absolute atomic E-state index is 0.0733. The molecule has 13 heteroatoms. The Kier molecular flexibility index (Phi) is 8.29. The molecule has 0 saturated carbocycles. The first-order chi connectivity index (χ1) is 14.9. The SMILES string of the molecule is CN(C)CCN.Cc1ccc([N+](=O)[O-])cc1S(=O)(=O)N1CCC2(CC1)CC(C(=O)O)=NO2. The topological polar surface area (TPSA) is 169 Å². The van der Waals surface area contributed by atoms with Crippen LogP contribution in [0.1, 0.15) is 24.8 Å². The fraction of sp³-hybridized carbons (Fsp3) is 0.579. The van der Waals surface area contributed by atoms with Crippen molar-refractivity contribution < 1.29 is 28.1 Å². The molecule has 1 saturated heterocycles. The lowest BCUT2D eigenvalue weighted by Gasteiger charge is -2.36. The van der Waals surface area contributed by atoms with E-state index in [1.165, 1.54) is 16.4 Å². The van der Waals surface area contributed by atoms with Crippen molar-refractivity contribution in [2.24, 2.45) is 10.9 Å². The first-order valence-electron chi connectivity index (χ1n) is 10.0. The third-order valence-corrected chi connectivity index (χ3v) is 7.34. The van der Waals surface area contributed by atoms with Gasteiger partial charge in [-0.3, -0.25) is 10.1 Å². The van der Waals surface area contributed by atoms with Gasteiger partial charge in [0.2, 0.25) is 10.0 Å². The normalized spacial score (nSPS) is 18.0. The van der Waals surface area contributed by atoms with Crippen molar-refractivity contribution in [3.8, 4) is 0 Å². The number of carboxylic acid groups (broad SMARTS) is 1. The summed E-state index contributed by atoms with van der Waals surface area (Å²) in [5, 5.41) is 23.5.